The van der Waals surface area contributed by atoms with Crippen LogP contribution in [0.5, 0.6) is 0 Å². The Balaban J connectivity index is 1.50. The molecule has 1 aromatic carbocycles. The predicted molar refractivity (Wildman–Crippen MR) is 117 cm³/mol. The average Bonchev–Trinajstić information content (AvgIpc) is 3.38. The van der Waals surface area contributed by atoms with Crippen molar-refractivity contribution in [3.05, 3.63) is 60.0 Å². The molecular weight excluding hydrogens is 390 g/mol. The lowest BCUT2D eigenvalue weighted by Crippen LogP contribution is -2.60. The zero-order valence-corrected chi connectivity index (χ0v) is 17.8. The number of carbonyl (C=O) groups is 2. The molecule has 4 heterocycles. The Morgan fingerprint density at radius 1 is 1.19 bits per heavy atom. The second-order valence-corrected chi connectivity index (χ2v) is 9.47. The summed E-state index contributed by atoms with van der Waals surface area (Å²) in [6, 6.07) is 8.21. The molecule has 5 unspecified atom stereocenters. The third-order valence-corrected chi connectivity index (χ3v) is 7.49. The van der Waals surface area contributed by atoms with Crippen molar-refractivity contribution in [1.29, 1.82) is 0 Å². The first-order valence-electron chi connectivity index (χ1n) is 11.3. The Morgan fingerprint density at radius 3 is 2.90 bits per heavy atom. The first-order valence-corrected chi connectivity index (χ1v) is 11.3. The fourth-order valence-corrected chi connectivity index (χ4v) is 6.01. The van der Waals surface area contributed by atoms with Crippen LogP contribution in [0.4, 0.5) is 0 Å². The molecule has 6 rings (SSSR count). The lowest BCUT2D eigenvalue weighted by Gasteiger charge is -2.47. The van der Waals surface area contributed by atoms with Crippen molar-refractivity contribution in [1.82, 2.24) is 15.1 Å². The van der Waals surface area contributed by atoms with Gasteiger partial charge in [0.2, 0.25) is 5.91 Å². The van der Waals surface area contributed by atoms with E-state index in [1.807, 2.05) is 32.0 Å². The SMILES string of the molecule is CC(C)N1CC(=O)N2C(=CC3C4CCC=CC4NC3C2c2ccc3occc3c2)C1=O. The molecule has 0 saturated carbocycles. The molecule has 2 amide bonds. The first-order chi connectivity index (χ1) is 15.0. The lowest BCUT2D eigenvalue weighted by molar-refractivity contribution is -0.150. The molecule has 2 aromatic rings. The number of benzene rings is 1. The summed E-state index contributed by atoms with van der Waals surface area (Å²) in [5.74, 6) is 0.622. The minimum absolute atomic E-state index is 0.00924. The topological polar surface area (TPSA) is 65.8 Å². The molecule has 0 radical (unpaired) electrons. The number of piperazine rings is 1. The van der Waals surface area contributed by atoms with E-state index in [0.717, 1.165) is 29.4 Å². The van der Waals surface area contributed by atoms with Gasteiger partial charge in [-0.2, -0.15) is 0 Å². The highest BCUT2D eigenvalue weighted by molar-refractivity contribution is 6.03. The fourth-order valence-electron chi connectivity index (χ4n) is 6.01. The van der Waals surface area contributed by atoms with E-state index in [0.29, 0.717) is 11.6 Å². The van der Waals surface area contributed by atoms with Gasteiger partial charge in [0.15, 0.2) is 0 Å². The second-order valence-electron chi connectivity index (χ2n) is 9.47. The first kappa shape index (κ1) is 18.9. The van der Waals surface area contributed by atoms with Crippen molar-refractivity contribution < 1.29 is 14.0 Å². The molecule has 1 aromatic heterocycles. The normalized spacial score (nSPS) is 32.4. The highest BCUT2D eigenvalue weighted by Crippen LogP contribution is 2.48. The maximum atomic E-state index is 13.5. The highest BCUT2D eigenvalue weighted by Gasteiger charge is 2.53. The smallest absolute Gasteiger partial charge is 0.270 e. The summed E-state index contributed by atoms with van der Waals surface area (Å²) in [5.41, 5.74) is 2.43. The third kappa shape index (κ3) is 2.74. The Labute approximate surface area is 181 Å². The molecule has 2 saturated heterocycles. The van der Waals surface area contributed by atoms with E-state index in [2.05, 4.69) is 29.6 Å². The van der Waals surface area contributed by atoms with Gasteiger partial charge >= 0.3 is 0 Å². The number of nitrogens with zero attached hydrogens (tertiary/aromatic N) is 2. The van der Waals surface area contributed by atoms with Crippen LogP contribution in [-0.4, -0.2) is 46.3 Å². The number of hydrogen-bond donors (Lipinski definition) is 1. The molecule has 160 valence electrons. The quantitative estimate of drug-likeness (QED) is 0.761. The number of rotatable bonds is 2. The van der Waals surface area contributed by atoms with Gasteiger partial charge in [0.25, 0.3) is 5.91 Å². The van der Waals surface area contributed by atoms with Crippen LogP contribution in [-0.2, 0) is 9.59 Å². The number of amides is 2. The number of fused-ring (bicyclic) bond motifs is 5. The number of nitrogens with one attached hydrogen (secondary N) is 1. The monoisotopic (exact) mass is 417 g/mol. The van der Waals surface area contributed by atoms with Crippen molar-refractivity contribution in [3.63, 3.8) is 0 Å². The molecule has 0 bridgehead atoms. The van der Waals surface area contributed by atoms with Crippen LogP contribution >= 0.6 is 0 Å². The number of hydrogen-bond acceptors (Lipinski definition) is 4. The molecule has 6 nitrogen and oxygen atoms in total. The summed E-state index contributed by atoms with van der Waals surface area (Å²) in [6.45, 7) is 4.06. The van der Waals surface area contributed by atoms with Gasteiger partial charge in [-0.25, -0.2) is 0 Å². The van der Waals surface area contributed by atoms with Crippen LogP contribution in [0.3, 0.4) is 0 Å². The van der Waals surface area contributed by atoms with Crippen LogP contribution in [0.15, 0.2) is 58.9 Å². The van der Waals surface area contributed by atoms with Crippen LogP contribution in [0, 0.1) is 11.8 Å². The van der Waals surface area contributed by atoms with Crippen molar-refractivity contribution >= 4 is 22.8 Å². The molecule has 5 atom stereocenters. The van der Waals surface area contributed by atoms with E-state index < -0.39 is 0 Å². The van der Waals surface area contributed by atoms with Gasteiger partial charge in [0.05, 0.1) is 12.3 Å². The molecule has 1 aliphatic carbocycles. The zero-order chi connectivity index (χ0) is 21.3. The van der Waals surface area contributed by atoms with Crippen LogP contribution in [0.2, 0.25) is 0 Å². The van der Waals surface area contributed by atoms with E-state index >= 15 is 0 Å². The molecule has 6 heteroatoms. The lowest BCUT2D eigenvalue weighted by atomic mass is 9.75. The van der Waals surface area contributed by atoms with Crippen molar-refractivity contribution in [2.24, 2.45) is 11.8 Å². The summed E-state index contributed by atoms with van der Waals surface area (Å²) in [4.78, 5) is 30.3. The highest BCUT2D eigenvalue weighted by atomic mass is 16.3. The van der Waals surface area contributed by atoms with E-state index in [9.17, 15) is 9.59 Å². The summed E-state index contributed by atoms with van der Waals surface area (Å²) >= 11 is 0. The summed E-state index contributed by atoms with van der Waals surface area (Å²) in [5, 5.41) is 4.83. The summed E-state index contributed by atoms with van der Waals surface area (Å²) < 4.78 is 5.53. The number of furan rings is 1. The minimum atomic E-state index is -0.214. The van der Waals surface area contributed by atoms with E-state index in [1.54, 1.807) is 16.1 Å². The van der Waals surface area contributed by atoms with Crippen molar-refractivity contribution in [3.8, 4) is 0 Å². The molecule has 1 N–H and O–H groups in total. The van der Waals surface area contributed by atoms with Crippen LogP contribution in [0.1, 0.15) is 38.3 Å². The Morgan fingerprint density at radius 2 is 2.06 bits per heavy atom. The summed E-state index contributed by atoms with van der Waals surface area (Å²) in [7, 11) is 0. The third-order valence-electron chi connectivity index (χ3n) is 7.49. The fraction of sp³-hybridized carbons (Fsp3) is 0.440. The summed E-state index contributed by atoms with van der Waals surface area (Å²) in [6.07, 6.45) is 10.5. The number of allylic oxidation sites excluding steroid dienone is 1. The van der Waals surface area contributed by atoms with Crippen LogP contribution in [0.25, 0.3) is 11.0 Å². The van der Waals surface area contributed by atoms with E-state index in [-0.39, 0.29) is 48.4 Å². The Kier molecular flexibility index (Phi) is 4.15. The minimum Gasteiger partial charge on any atom is -0.464 e. The maximum Gasteiger partial charge on any atom is 0.270 e. The predicted octanol–water partition coefficient (Wildman–Crippen LogP) is 3.37. The Hall–Kier alpha value is -2.86. The molecular formula is C25H27N3O3. The van der Waals surface area contributed by atoms with E-state index in [1.165, 1.54) is 0 Å². The zero-order valence-electron chi connectivity index (χ0n) is 17.8. The van der Waals surface area contributed by atoms with Gasteiger partial charge in [0.1, 0.15) is 17.8 Å². The van der Waals surface area contributed by atoms with Gasteiger partial charge in [-0.1, -0.05) is 18.2 Å². The molecule has 2 fully saturated rings. The maximum absolute atomic E-state index is 13.5. The van der Waals surface area contributed by atoms with Gasteiger partial charge < -0.3 is 14.6 Å². The number of carbonyl (C=O) groups excluding carboxylic acids is 2. The Bertz CT molecular complexity index is 1130. The van der Waals surface area contributed by atoms with Gasteiger partial charge in [0, 0.05) is 29.4 Å². The van der Waals surface area contributed by atoms with Crippen molar-refractivity contribution in [2.45, 2.75) is 50.9 Å². The van der Waals surface area contributed by atoms with Gasteiger partial charge in [-0.05, 0) is 62.4 Å². The van der Waals surface area contributed by atoms with Gasteiger partial charge in [-0.15, -0.1) is 0 Å². The largest absolute Gasteiger partial charge is 0.464 e. The molecule has 31 heavy (non-hydrogen) atoms. The second kappa shape index (κ2) is 6.82. The van der Waals surface area contributed by atoms with Crippen molar-refractivity contribution in [2.75, 3.05) is 6.54 Å². The standard InChI is InChI=1S/C25H27N3O3/c1-14(2)27-13-22(29)28-20(25(27)30)12-18-17-5-3-4-6-19(17)26-23(18)24(28)16-7-8-21-15(11-16)9-10-31-21/h4,6-12,14,17-19,23-24,26H,3,5,13H2,1-2H3. The molecule has 3 aliphatic heterocycles. The van der Waals surface area contributed by atoms with E-state index in [4.69, 9.17) is 4.42 Å². The molecule has 0 spiro atoms. The van der Waals surface area contributed by atoms with Gasteiger partial charge in [-0.3, -0.25) is 14.5 Å². The molecule has 4 aliphatic rings. The van der Waals surface area contributed by atoms with Crippen LogP contribution < -0.4 is 5.32 Å². The average molecular weight is 418 g/mol.